The van der Waals surface area contributed by atoms with Gasteiger partial charge in [0.25, 0.3) is 0 Å². The van der Waals surface area contributed by atoms with Crippen molar-refractivity contribution in [1.29, 1.82) is 0 Å². The van der Waals surface area contributed by atoms with Gasteiger partial charge in [0, 0.05) is 10.3 Å². The number of hydrogen-bond donors (Lipinski definition) is 1. The monoisotopic (exact) mass is 282 g/mol. The molecule has 102 valence electrons. The second-order valence-corrected chi connectivity index (χ2v) is 6.02. The summed E-state index contributed by atoms with van der Waals surface area (Å²) in [4.78, 5) is 6.19. The summed E-state index contributed by atoms with van der Waals surface area (Å²) in [5.74, 6) is 0. The Balaban J connectivity index is 2.15. The van der Waals surface area contributed by atoms with Crippen molar-refractivity contribution in [3.63, 3.8) is 0 Å². The first-order valence-electron chi connectivity index (χ1n) is 6.78. The Labute approximate surface area is 123 Å². The molecule has 0 aliphatic carbocycles. The third kappa shape index (κ3) is 2.23. The summed E-state index contributed by atoms with van der Waals surface area (Å²) >= 11 is 1.79. The molecule has 2 nitrogen and oxygen atoms in total. The Morgan fingerprint density at radius 3 is 2.60 bits per heavy atom. The average Bonchev–Trinajstić information content (AvgIpc) is 2.86. The highest BCUT2D eigenvalue weighted by molar-refractivity contribution is 7.10. The van der Waals surface area contributed by atoms with Gasteiger partial charge < -0.3 is 5.32 Å². The van der Waals surface area contributed by atoms with Gasteiger partial charge in [-0.05, 0) is 55.6 Å². The second kappa shape index (κ2) is 5.35. The van der Waals surface area contributed by atoms with Crippen LogP contribution in [0.1, 0.15) is 27.7 Å². The molecule has 2 aromatic heterocycles. The van der Waals surface area contributed by atoms with E-state index in [2.05, 4.69) is 54.9 Å². The molecule has 0 aliphatic rings. The standard InChI is InChI=1S/C17H18N2S/c1-11-8-9-20-17(11)16(18-3)15-10-12(2)13-6-4-5-7-14(13)19-15/h4-10,16,18H,1-3H3. The number of nitrogens with zero attached hydrogens (tertiary/aromatic N) is 1. The van der Waals surface area contributed by atoms with Crippen LogP contribution in [-0.4, -0.2) is 12.0 Å². The number of rotatable bonds is 3. The van der Waals surface area contributed by atoms with Gasteiger partial charge in [-0.25, -0.2) is 0 Å². The molecule has 2 heterocycles. The molecule has 1 N–H and O–H groups in total. The molecule has 0 radical (unpaired) electrons. The van der Waals surface area contributed by atoms with Crippen LogP contribution in [0.5, 0.6) is 0 Å². The maximum atomic E-state index is 4.85. The number of aromatic nitrogens is 1. The van der Waals surface area contributed by atoms with Crippen LogP contribution in [-0.2, 0) is 0 Å². The van der Waals surface area contributed by atoms with E-state index in [4.69, 9.17) is 4.98 Å². The minimum absolute atomic E-state index is 0.165. The molecule has 3 heteroatoms. The van der Waals surface area contributed by atoms with Crippen LogP contribution in [0.4, 0.5) is 0 Å². The first-order chi connectivity index (χ1) is 9.70. The van der Waals surface area contributed by atoms with Crippen molar-refractivity contribution in [2.24, 2.45) is 0 Å². The Bertz CT molecular complexity index is 746. The fourth-order valence-corrected chi connectivity index (χ4v) is 3.66. The van der Waals surface area contributed by atoms with Crippen LogP contribution >= 0.6 is 11.3 Å². The zero-order valence-electron chi connectivity index (χ0n) is 12.0. The number of pyridine rings is 1. The first kappa shape index (κ1) is 13.3. The molecule has 0 spiro atoms. The van der Waals surface area contributed by atoms with E-state index < -0.39 is 0 Å². The Hall–Kier alpha value is -1.71. The van der Waals surface area contributed by atoms with Crippen LogP contribution < -0.4 is 5.32 Å². The SMILES string of the molecule is CNC(c1cc(C)c2ccccc2n1)c1sccc1C. The lowest BCUT2D eigenvalue weighted by Crippen LogP contribution is -2.18. The summed E-state index contributed by atoms with van der Waals surface area (Å²) in [6.45, 7) is 4.31. The van der Waals surface area contributed by atoms with E-state index in [1.54, 1.807) is 11.3 Å². The van der Waals surface area contributed by atoms with E-state index in [9.17, 15) is 0 Å². The average molecular weight is 282 g/mol. The van der Waals surface area contributed by atoms with E-state index in [0.29, 0.717) is 0 Å². The van der Waals surface area contributed by atoms with Gasteiger partial charge in [0.1, 0.15) is 0 Å². The molecule has 0 bridgehead atoms. The normalized spacial score (nSPS) is 12.8. The summed E-state index contributed by atoms with van der Waals surface area (Å²) < 4.78 is 0. The number of benzene rings is 1. The largest absolute Gasteiger partial charge is 0.307 e. The van der Waals surface area contributed by atoms with Gasteiger partial charge in [-0.1, -0.05) is 18.2 Å². The van der Waals surface area contributed by atoms with Crippen molar-refractivity contribution in [2.75, 3.05) is 7.05 Å². The summed E-state index contributed by atoms with van der Waals surface area (Å²) in [6.07, 6.45) is 0. The summed E-state index contributed by atoms with van der Waals surface area (Å²) in [5.41, 5.74) is 4.76. The van der Waals surface area contributed by atoms with Crippen LogP contribution in [0.15, 0.2) is 41.8 Å². The van der Waals surface area contributed by atoms with E-state index >= 15 is 0 Å². The van der Waals surface area contributed by atoms with Gasteiger partial charge in [-0.15, -0.1) is 11.3 Å². The maximum Gasteiger partial charge on any atom is 0.0845 e. The van der Waals surface area contributed by atoms with Crippen molar-refractivity contribution in [3.05, 3.63) is 63.5 Å². The molecular formula is C17H18N2S. The van der Waals surface area contributed by atoms with Gasteiger partial charge in [-0.2, -0.15) is 0 Å². The minimum Gasteiger partial charge on any atom is -0.307 e. The number of para-hydroxylation sites is 1. The lowest BCUT2D eigenvalue weighted by atomic mass is 10.0. The molecule has 0 amide bonds. The van der Waals surface area contributed by atoms with Gasteiger partial charge >= 0.3 is 0 Å². The Kier molecular flexibility index (Phi) is 3.55. The summed E-state index contributed by atoms with van der Waals surface area (Å²) in [5, 5.41) is 6.77. The van der Waals surface area contributed by atoms with Crippen LogP contribution in [0, 0.1) is 13.8 Å². The van der Waals surface area contributed by atoms with Crippen molar-refractivity contribution < 1.29 is 0 Å². The van der Waals surface area contributed by atoms with Crippen LogP contribution in [0.25, 0.3) is 10.9 Å². The quantitative estimate of drug-likeness (QED) is 0.778. The lowest BCUT2D eigenvalue weighted by Gasteiger charge is -2.17. The molecule has 1 aromatic carbocycles. The van der Waals surface area contributed by atoms with Crippen LogP contribution in [0.3, 0.4) is 0 Å². The number of fused-ring (bicyclic) bond motifs is 1. The molecule has 0 aliphatic heterocycles. The summed E-state index contributed by atoms with van der Waals surface area (Å²) in [6, 6.07) is 12.9. The predicted molar refractivity (Wildman–Crippen MR) is 86.4 cm³/mol. The number of hydrogen-bond acceptors (Lipinski definition) is 3. The topological polar surface area (TPSA) is 24.9 Å². The molecule has 3 aromatic rings. The summed E-state index contributed by atoms with van der Waals surface area (Å²) in [7, 11) is 2.00. The smallest absolute Gasteiger partial charge is 0.0845 e. The fraction of sp³-hybridized carbons (Fsp3) is 0.235. The van der Waals surface area contributed by atoms with E-state index in [0.717, 1.165) is 11.2 Å². The lowest BCUT2D eigenvalue weighted by molar-refractivity contribution is 0.681. The molecule has 0 saturated carbocycles. The highest BCUT2D eigenvalue weighted by Gasteiger charge is 2.18. The molecule has 0 saturated heterocycles. The second-order valence-electron chi connectivity index (χ2n) is 5.07. The third-order valence-electron chi connectivity index (χ3n) is 3.69. The van der Waals surface area contributed by atoms with Crippen molar-refractivity contribution in [2.45, 2.75) is 19.9 Å². The number of nitrogens with one attached hydrogen (secondary N) is 1. The van der Waals surface area contributed by atoms with Gasteiger partial charge in [0.15, 0.2) is 0 Å². The van der Waals surface area contributed by atoms with Gasteiger partial charge in [0.05, 0.1) is 17.3 Å². The van der Waals surface area contributed by atoms with Crippen molar-refractivity contribution in [1.82, 2.24) is 10.3 Å². The number of aryl methyl sites for hydroxylation is 2. The van der Waals surface area contributed by atoms with E-state index in [-0.39, 0.29) is 6.04 Å². The molecule has 3 rings (SSSR count). The molecule has 20 heavy (non-hydrogen) atoms. The van der Waals surface area contributed by atoms with Crippen molar-refractivity contribution >= 4 is 22.2 Å². The van der Waals surface area contributed by atoms with Gasteiger partial charge in [-0.3, -0.25) is 4.98 Å². The zero-order valence-corrected chi connectivity index (χ0v) is 12.8. The molecule has 1 atom stereocenters. The zero-order chi connectivity index (χ0) is 14.1. The third-order valence-corrected chi connectivity index (χ3v) is 4.77. The molecule has 1 unspecified atom stereocenters. The Morgan fingerprint density at radius 1 is 1.10 bits per heavy atom. The fourth-order valence-electron chi connectivity index (χ4n) is 2.62. The maximum absolute atomic E-state index is 4.85. The minimum atomic E-state index is 0.165. The Morgan fingerprint density at radius 2 is 1.90 bits per heavy atom. The van der Waals surface area contributed by atoms with Gasteiger partial charge in [0.2, 0.25) is 0 Å². The van der Waals surface area contributed by atoms with E-state index in [1.165, 1.54) is 21.4 Å². The number of thiophene rings is 1. The van der Waals surface area contributed by atoms with E-state index in [1.807, 2.05) is 13.1 Å². The molecule has 0 fully saturated rings. The highest BCUT2D eigenvalue weighted by Crippen LogP contribution is 2.30. The van der Waals surface area contributed by atoms with Crippen molar-refractivity contribution in [3.8, 4) is 0 Å². The molecular weight excluding hydrogens is 264 g/mol. The highest BCUT2D eigenvalue weighted by atomic mass is 32.1. The predicted octanol–water partition coefficient (Wildman–Crippen LogP) is 4.22. The van der Waals surface area contributed by atoms with Crippen LogP contribution in [0.2, 0.25) is 0 Å². The first-order valence-corrected chi connectivity index (χ1v) is 7.66.